The summed E-state index contributed by atoms with van der Waals surface area (Å²) in [5.74, 6) is -0.611. The van der Waals surface area contributed by atoms with E-state index in [9.17, 15) is 9.59 Å². The maximum absolute atomic E-state index is 11.9. The van der Waals surface area contributed by atoms with Crippen molar-refractivity contribution in [1.29, 1.82) is 0 Å². The van der Waals surface area contributed by atoms with Crippen LogP contribution in [0.15, 0.2) is 42.7 Å². The van der Waals surface area contributed by atoms with Crippen molar-refractivity contribution in [3.63, 3.8) is 0 Å². The van der Waals surface area contributed by atoms with Gasteiger partial charge in [0.15, 0.2) is 5.78 Å². The van der Waals surface area contributed by atoms with E-state index in [0.717, 1.165) is 0 Å². The van der Waals surface area contributed by atoms with E-state index in [-0.39, 0.29) is 17.1 Å². The number of Topliss-reactive ketones (excluding diaryl/α,β-unsaturated/α-hetero) is 1. The molecule has 5 heteroatoms. The molecule has 0 saturated carbocycles. The largest absolute Gasteiger partial charge is 0.422 e. The van der Waals surface area contributed by atoms with Gasteiger partial charge in [-0.2, -0.15) is 0 Å². The predicted octanol–water partition coefficient (Wildman–Crippen LogP) is 3.16. The Kier molecular flexibility index (Phi) is 3.92. The van der Waals surface area contributed by atoms with Crippen molar-refractivity contribution >= 4 is 23.4 Å². The molecule has 0 unspecified atom stereocenters. The molecule has 2 rings (SSSR count). The van der Waals surface area contributed by atoms with E-state index in [1.807, 2.05) is 0 Å². The zero-order valence-corrected chi connectivity index (χ0v) is 10.8. The maximum Gasteiger partial charge on any atom is 0.345 e. The average Bonchev–Trinajstić information content (AvgIpc) is 2.41. The molecule has 0 atom stereocenters. The van der Waals surface area contributed by atoms with E-state index in [4.69, 9.17) is 16.3 Å². The first-order chi connectivity index (χ1) is 9.08. The highest BCUT2D eigenvalue weighted by molar-refractivity contribution is 6.31. The van der Waals surface area contributed by atoms with Gasteiger partial charge in [0.05, 0.1) is 11.1 Å². The van der Waals surface area contributed by atoms with E-state index in [2.05, 4.69) is 4.98 Å². The molecule has 0 amide bonds. The van der Waals surface area contributed by atoms with Gasteiger partial charge in [-0.3, -0.25) is 9.78 Å². The Bertz CT molecular complexity index is 626. The zero-order valence-electron chi connectivity index (χ0n) is 10.1. The van der Waals surface area contributed by atoms with Crippen LogP contribution in [0.1, 0.15) is 27.6 Å². The number of carbonyl (C=O) groups excluding carboxylic acids is 2. The molecule has 0 spiro atoms. The van der Waals surface area contributed by atoms with Gasteiger partial charge in [-0.25, -0.2) is 4.79 Å². The third-order valence-corrected chi connectivity index (χ3v) is 2.66. The third-order valence-electron chi connectivity index (χ3n) is 2.42. The highest BCUT2D eigenvalue weighted by atomic mass is 35.5. The molecule has 0 fully saturated rings. The number of hydrogen-bond donors (Lipinski definition) is 0. The van der Waals surface area contributed by atoms with Crippen molar-refractivity contribution in [3.05, 3.63) is 58.9 Å². The Hall–Kier alpha value is -2.20. The van der Waals surface area contributed by atoms with E-state index in [1.54, 1.807) is 24.4 Å². The fraction of sp³-hybridized carbons (Fsp3) is 0.0714. The zero-order chi connectivity index (χ0) is 13.8. The molecule has 0 aliphatic rings. The van der Waals surface area contributed by atoms with E-state index in [1.165, 1.54) is 25.3 Å². The Morgan fingerprint density at radius 1 is 1.26 bits per heavy atom. The Labute approximate surface area is 115 Å². The number of carbonyl (C=O) groups is 2. The van der Waals surface area contributed by atoms with Crippen LogP contribution in [0.3, 0.4) is 0 Å². The van der Waals surface area contributed by atoms with Crippen molar-refractivity contribution in [3.8, 4) is 5.75 Å². The van der Waals surface area contributed by atoms with Crippen molar-refractivity contribution in [2.75, 3.05) is 0 Å². The van der Waals surface area contributed by atoms with Crippen LogP contribution < -0.4 is 4.74 Å². The molecule has 0 N–H and O–H groups in total. The standard InChI is InChI=1S/C14H10ClNO3/c1-9(17)12-7-11(15)4-5-13(12)19-14(18)10-3-2-6-16-8-10/h2-8H,1H3. The molecule has 1 aromatic carbocycles. The maximum atomic E-state index is 11.9. The van der Waals surface area contributed by atoms with Gasteiger partial charge >= 0.3 is 5.97 Å². The molecule has 1 heterocycles. The summed E-state index contributed by atoms with van der Waals surface area (Å²) in [7, 11) is 0. The number of hydrogen-bond acceptors (Lipinski definition) is 4. The summed E-state index contributed by atoms with van der Waals surface area (Å²) in [6.07, 6.45) is 2.95. The number of aromatic nitrogens is 1. The average molecular weight is 276 g/mol. The lowest BCUT2D eigenvalue weighted by atomic mass is 10.1. The molecule has 0 radical (unpaired) electrons. The molecular formula is C14H10ClNO3. The van der Waals surface area contributed by atoms with Gasteiger partial charge < -0.3 is 4.74 Å². The topological polar surface area (TPSA) is 56.3 Å². The number of nitrogens with zero attached hydrogens (tertiary/aromatic N) is 1. The van der Waals surface area contributed by atoms with E-state index >= 15 is 0 Å². The number of halogens is 1. The van der Waals surface area contributed by atoms with Crippen LogP contribution >= 0.6 is 11.6 Å². The minimum Gasteiger partial charge on any atom is -0.422 e. The van der Waals surface area contributed by atoms with Gasteiger partial charge in [0.2, 0.25) is 0 Å². The molecule has 0 aliphatic heterocycles. The summed E-state index contributed by atoms with van der Waals surface area (Å²) >= 11 is 5.81. The van der Waals surface area contributed by atoms with Crippen molar-refractivity contribution in [2.24, 2.45) is 0 Å². The molecular weight excluding hydrogens is 266 g/mol. The lowest BCUT2D eigenvalue weighted by Gasteiger charge is -2.08. The van der Waals surface area contributed by atoms with Crippen LogP contribution in [-0.2, 0) is 0 Å². The number of esters is 1. The van der Waals surface area contributed by atoms with Gasteiger partial charge in [-0.05, 0) is 37.3 Å². The molecule has 96 valence electrons. The predicted molar refractivity (Wildman–Crippen MR) is 70.7 cm³/mol. The van der Waals surface area contributed by atoms with Crippen molar-refractivity contribution < 1.29 is 14.3 Å². The molecule has 0 aliphatic carbocycles. The first kappa shape index (κ1) is 13.2. The second-order valence-electron chi connectivity index (χ2n) is 3.83. The number of rotatable bonds is 3. The van der Waals surface area contributed by atoms with E-state index < -0.39 is 5.97 Å². The lowest BCUT2D eigenvalue weighted by Crippen LogP contribution is -2.11. The summed E-state index contributed by atoms with van der Waals surface area (Å²) in [5.41, 5.74) is 0.580. The van der Waals surface area contributed by atoms with Gasteiger partial charge in [0.25, 0.3) is 0 Å². The number of ketones is 1. The van der Waals surface area contributed by atoms with Crippen LogP contribution in [0.5, 0.6) is 5.75 Å². The van der Waals surface area contributed by atoms with Crippen LogP contribution in [0.25, 0.3) is 0 Å². The highest BCUT2D eigenvalue weighted by Gasteiger charge is 2.14. The van der Waals surface area contributed by atoms with Crippen LogP contribution in [0, 0.1) is 0 Å². The quantitative estimate of drug-likeness (QED) is 0.490. The smallest absolute Gasteiger partial charge is 0.345 e. The Balaban J connectivity index is 2.29. The molecule has 1 aromatic heterocycles. The summed E-state index contributed by atoms with van der Waals surface area (Å²) < 4.78 is 5.19. The second-order valence-corrected chi connectivity index (χ2v) is 4.26. The van der Waals surface area contributed by atoms with Crippen molar-refractivity contribution in [2.45, 2.75) is 6.92 Å². The van der Waals surface area contributed by atoms with Gasteiger partial charge in [0, 0.05) is 17.4 Å². The van der Waals surface area contributed by atoms with E-state index in [0.29, 0.717) is 10.6 Å². The fourth-order valence-electron chi connectivity index (χ4n) is 1.51. The third kappa shape index (κ3) is 3.17. The molecule has 19 heavy (non-hydrogen) atoms. The Morgan fingerprint density at radius 2 is 2.05 bits per heavy atom. The lowest BCUT2D eigenvalue weighted by molar-refractivity contribution is 0.0732. The number of pyridine rings is 1. The van der Waals surface area contributed by atoms with Crippen LogP contribution in [0.2, 0.25) is 5.02 Å². The summed E-state index contributed by atoms with van der Waals surface area (Å²) in [6.45, 7) is 1.38. The van der Waals surface area contributed by atoms with Gasteiger partial charge in [-0.1, -0.05) is 11.6 Å². The summed E-state index contributed by atoms with van der Waals surface area (Å²) in [5, 5.41) is 0.409. The van der Waals surface area contributed by atoms with Crippen molar-refractivity contribution in [1.82, 2.24) is 4.98 Å². The molecule has 0 bridgehead atoms. The van der Waals surface area contributed by atoms with Crippen LogP contribution in [0.4, 0.5) is 0 Å². The minimum atomic E-state index is -0.571. The van der Waals surface area contributed by atoms with Gasteiger partial charge in [0.1, 0.15) is 5.75 Å². The first-order valence-electron chi connectivity index (χ1n) is 5.50. The van der Waals surface area contributed by atoms with Crippen LogP contribution in [-0.4, -0.2) is 16.7 Å². The molecule has 4 nitrogen and oxygen atoms in total. The van der Waals surface area contributed by atoms with Gasteiger partial charge in [-0.15, -0.1) is 0 Å². The molecule has 2 aromatic rings. The molecule has 0 saturated heterocycles. The first-order valence-corrected chi connectivity index (χ1v) is 5.88. The normalized spacial score (nSPS) is 10.0. The minimum absolute atomic E-state index is 0.186. The summed E-state index contributed by atoms with van der Waals surface area (Å²) in [4.78, 5) is 27.2. The number of ether oxygens (including phenoxy) is 1. The highest BCUT2D eigenvalue weighted by Crippen LogP contribution is 2.24. The number of benzene rings is 1. The monoisotopic (exact) mass is 275 g/mol. The second kappa shape index (κ2) is 5.63. The fourth-order valence-corrected chi connectivity index (χ4v) is 1.68. The Morgan fingerprint density at radius 3 is 2.68 bits per heavy atom. The summed E-state index contributed by atoms with van der Waals surface area (Å²) in [6, 6.07) is 7.73. The SMILES string of the molecule is CC(=O)c1cc(Cl)ccc1OC(=O)c1cccnc1.